The largest absolute Gasteiger partial charge is 0.491 e. The smallest absolute Gasteiger partial charge is 0.433 e. The Morgan fingerprint density at radius 1 is 1.04 bits per heavy atom. The molecular formula is C34H39F5N4O2. The maximum Gasteiger partial charge on any atom is 0.433 e. The third-order valence-corrected chi connectivity index (χ3v) is 7.43. The Kier molecular flexibility index (Phi) is 11.4. The van der Waals surface area contributed by atoms with E-state index in [2.05, 4.69) is 4.98 Å². The summed E-state index contributed by atoms with van der Waals surface area (Å²) in [4.78, 5) is 5.48. The number of piperidine rings is 1. The van der Waals surface area contributed by atoms with Crippen molar-refractivity contribution < 1.29 is 31.4 Å². The van der Waals surface area contributed by atoms with Gasteiger partial charge in [-0.05, 0) is 84.6 Å². The van der Waals surface area contributed by atoms with Crippen LogP contribution < -0.4 is 16.2 Å². The van der Waals surface area contributed by atoms with Crippen LogP contribution in [-0.2, 0) is 23.9 Å². The number of aromatic nitrogens is 1. The Labute approximate surface area is 260 Å². The SMILES string of the molecule is CC(C)OCCOc1ccc(C(/C=C\N)=C/Cc2cc(CN3CCC(F)(F)C(N)C3)cc(-c3ccc(C(F)(F)F)nc3)c2)cc1. The minimum Gasteiger partial charge on any atom is -0.491 e. The van der Waals surface area contributed by atoms with Crippen molar-refractivity contribution in [3.05, 3.63) is 102 Å². The molecule has 2 heterocycles. The molecule has 0 aliphatic carbocycles. The number of likely N-dealkylation sites (tertiary alicyclic amines) is 1. The summed E-state index contributed by atoms with van der Waals surface area (Å²) in [5.41, 5.74) is 15.2. The quantitative estimate of drug-likeness (QED) is 0.130. The molecule has 1 aliphatic heterocycles. The molecule has 4 rings (SSSR count). The topological polar surface area (TPSA) is 86.6 Å². The van der Waals surface area contributed by atoms with Gasteiger partial charge in [0.05, 0.1) is 18.8 Å². The zero-order chi connectivity index (χ0) is 32.6. The van der Waals surface area contributed by atoms with E-state index in [0.717, 1.165) is 28.3 Å². The monoisotopic (exact) mass is 630 g/mol. The van der Waals surface area contributed by atoms with Crippen molar-refractivity contribution in [2.75, 3.05) is 26.3 Å². The highest BCUT2D eigenvalue weighted by atomic mass is 19.4. The van der Waals surface area contributed by atoms with Crippen LogP contribution in [0.1, 0.15) is 42.7 Å². The van der Waals surface area contributed by atoms with Crippen LogP contribution >= 0.6 is 0 Å². The average Bonchev–Trinajstić information content (AvgIpc) is 2.99. The van der Waals surface area contributed by atoms with Crippen LogP contribution in [-0.4, -0.2) is 54.3 Å². The highest BCUT2D eigenvalue weighted by Crippen LogP contribution is 2.32. The van der Waals surface area contributed by atoms with E-state index in [4.69, 9.17) is 20.9 Å². The van der Waals surface area contributed by atoms with Crippen molar-refractivity contribution in [1.29, 1.82) is 0 Å². The number of nitrogens with two attached hydrogens (primary N) is 2. The van der Waals surface area contributed by atoms with Gasteiger partial charge in [0, 0.05) is 37.8 Å². The molecule has 1 unspecified atom stereocenters. The molecule has 0 saturated carbocycles. The van der Waals surface area contributed by atoms with Crippen molar-refractivity contribution in [2.24, 2.45) is 11.5 Å². The first-order valence-electron chi connectivity index (χ1n) is 14.8. The molecule has 0 radical (unpaired) electrons. The molecule has 1 saturated heterocycles. The molecule has 6 nitrogen and oxygen atoms in total. The van der Waals surface area contributed by atoms with Gasteiger partial charge < -0.3 is 20.9 Å². The second kappa shape index (κ2) is 15.0. The first-order valence-corrected chi connectivity index (χ1v) is 14.8. The molecular weight excluding hydrogens is 591 g/mol. The van der Waals surface area contributed by atoms with E-state index >= 15 is 0 Å². The van der Waals surface area contributed by atoms with Crippen molar-refractivity contribution in [3.8, 4) is 16.9 Å². The lowest BCUT2D eigenvalue weighted by atomic mass is 9.96. The number of ether oxygens (including phenoxy) is 2. The van der Waals surface area contributed by atoms with Crippen LogP contribution in [0.15, 0.2) is 79.1 Å². The van der Waals surface area contributed by atoms with Gasteiger partial charge in [0.1, 0.15) is 18.1 Å². The maximum absolute atomic E-state index is 14.0. The van der Waals surface area contributed by atoms with E-state index in [1.54, 1.807) is 6.08 Å². The first-order chi connectivity index (χ1) is 21.3. The summed E-state index contributed by atoms with van der Waals surface area (Å²) < 4.78 is 78.6. The maximum atomic E-state index is 14.0. The highest BCUT2D eigenvalue weighted by Gasteiger charge is 2.41. The Morgan fingerprint density at radius 3 is 2.40 bits per heavy atom. The first kappa shape index (κ1) is 34.1. The molecule has 1 fully saturated rings. The van der Waals surface area contributed by atoms with Crippen molar-refractivity contribution in [2.45, 2.75) is 57.5 Å². The molecule has 0 amide bonds. The second-order valence-electron chi connectivity index (χ2n) is 11.3. The van der Waals surface area contributed by atoms with E-state index < -0.39 is 23.8 Å². The Bertz CT molecular complexity index is 1450. The highest BCUT2D eigenvalue weighted by molar-refractivity contribution is 5.74. The van der Waals surface area contributed by atoms with E-state index in [0.29, 0.717) is 43.1 Å². The summed E-state index contributed by atoms with van der Waals surface area (Å²) in [6, 6.07) is 14.3. The van der Waals surface area contributed by atoms with E-state index in [-0.39, 0.29) is 25.6 Å². The van der Waals surface area contributed by atoms with E-state index in [1.165, 1.54) is 18.5 Å². The number of hydrogen-bond donors (Lipinski definition) is 2. The van der Waals surface area contributed by atoms with Gasteiger partial charge in [-0.25, -0.2) is 8.78 Å². The number of hydrogen-bond acceptors (Lipinski definition) is 6. The molecule has 3 aromatic rings. The number of benzene rings is 2. The lowest BCUT2D eigenvalue weighted by Gasteiger charge is -2.36. The minimum atomic E-state index is -4.55. The second-order valence-corrected chi connectivity index (χ2v) is 11.3. The van der Waals surface area contributed by atoms with Gasteiger partial charge in [-0.1, -0.05) is 36.4 Å². The fourth-order valence-corrected chi connectivity index (χ4v) is 5.07. The van der Waals surface area contributed by atoms with Gasteiger partial charge in [0.15, 0.2) is 0 Å². The van der Waals surface area contributed by atoms with Gasteiger partial charge in [0.25, 0.3) is 5.92 Å². The molecule has 1 aromatic heterocycles. The van der Waals surface area contributed by atoms with Gasteiger partial charge >= 0.3 is 6.18 Å². The molecule has 11 heteroatoms. The third-order valence-electron chi connectivity index (χ3n) is 7.43. The Morgan fingerprint density at radius 2 is 1.78 bits per heavy atom. The number of alkyl halides is 5. The molecule has 1 aliphatic rings. The summed E-state index contributed by atoms with van der Waals surface area (Å²) in [6.07, 6.45) is 2.14. The van der Waals surface area contributed by atoms with Gasteiger partial charge in [-0.2, -0.15) is 13.2 Å². The number of halogens is 5. The molecule has 45 heavy (non-hydrogen) atoms. The zero-order valence-electron chi connectivity index (χ0n) is 25.4. The third kappa shape index (κ3) is 9.84. The standard InChI is InChI=1S/C34H39F5N4O2/c1-23(2)44-15-16-45-30-8-5-26(6-9-30)27(11-13-40)4-3-24-17-25(21-43-14-12-33(35,36)31(41)22-43)19-29(18-24)28-7-10-32(42-20-28)34(37,38)39/h4-11,13,17-20,23,31H,3,12,14-16,21-22,40-41H2,1-2H3/b13-11-,27-4+. The molecule has 0 bridgehead atoms. The summed E-state index contributed by atoms with van der Waals surface area (Å²) >= 11 is 0. The fraction of sp³-hybridized carbons (Fsp3) is 0.382. The zero-order valence-corrected chi connectivity index (χ0v) is 25.4. The Balaban J connectivity index is 1.58. The fourth-order valence-electron chi connectivity index (χ4n) is 5.07. The number of rotatable bonds is 12. The van der Waals surface area contributed by atoms with Crippen LogP contribution in [0.5, 0.6) is 5.75 Å². The van der Waals surface area contributed by atoms with Gasteiger partial charge in [0.2, 0.25) is 0 Å². The molecule has 1 atom stereocenters. The van der Waals surface area contributed by atoms with Crippen LogP contribution in [0, 0.1) is 0 Å². The van der Waals surface area contributed by atoms with Crippen LogP contribution in [0.25, 0.3) is 16.7 Å². The lowest BCUT2D eigenvalue weighted by molar-refractivity contribution is -0.141. The number of pyridine rings is 1. The number of allylic oxidation sites excluding steroid dienone is 3. The molecule has 2 aromatic carbocycles. The summed E-state index contributed by atoms with van der Waals surface area (Å²) in [7, 11) is 0. The molecule has 0 spiro atoms. The predicted molar refractivity (Wildman–Crippen MR) is 166 cm³/mol. The lowest BCUT2D eigenvalue weighted by Crippen LogP contribution is -2.54. The van der Waals surface area contributed by atoms with Crippen molar-refractivity contribution >= 4 is 5.57 Å². The van der Waals surface area contributed by atoms with Crippen molar-refractivity contribution in [1.82, 2.24) is 9.88 Å². The van der Waals surface area contributed by atoms with Crippen LogP contribution in [0.4, 0.5) is 22.0 Å². The van der Waals surface area contributed by atoms with Gasteiger partial charge in [-0.15, -0.1) is 0 Å². The summed E-state index contributed by atoms with van der Waals surface area (Å²) in [5, 5.41) is 0. The summed E-state index contributed by atoms with van der Waals surface area (Å²) in [6.45, 7) is 5.42. The number of nitrogens with zero attached hydrogens (tertiary/aromatic N) is 2. The normalized spacial score (nSPS) is 17.7. The van der Waals surface area contributed by atoms with E-state index in [9.17, 15) is 22.0 Å². The molecule has 4 N–H and O–H groups in total. The summed E-state index contributed by atoms with van der Waals surface area (Å²) in [5.74, 6) is -2.21. The van der Waals surface area contributed by atoms with Gasteiger partial charge in [-0.3, -0.25) is 9.88 Å². The van der Waals surface area contributed by atoms with E-state index in [1.807, 2.05) is 67.3 Å². The Hall–Kier alpha value is -3.80. The van der Waals surface area contributed by atoms with Crippen LogP contribution in [0.3, 0.4) is 0 Å². The minimum absolute atomic E-state index is 0.0319. The predicted octanol–water partition coefficient (Wildman–Crippen LogP) is 6.84. The van der Waals surface area contributed by atoms with Crippen molar-refractivity contribution in [3.63, 3.8) is 0 Å². The van der Waals surface area contributed by atoms with Crippen LogP contribution in [0.2, 0.25) is 0 Å². The average molecular weight is 631 g/mol. The molecule has 242 valence electrons.